The van der Waals surface area contributed by atoms with E-state index >= 15 is 0 Å². The molecule has 0 unspecified atom stereocenters. The van der Waals surface area contributed by atoms with Crippen molar-refractivity contribution in [3.8, 4) is 11.6 Å². The number of pyridine rings is 1. The fourth-order valence-corrected chi connectivity index (χ4v) is 3.81. The van der Waals surface area contributed by atoms with Gasteiger partial charge in [-0.1, -0.05) is 41.6 Å². The molecule has 7 nitrogen and oxygen atoms in total. The minimum Gasteiger partial charge on any atom is -0.434 e. The van der Waals surface area contributed by atoms with Crippen LogP contribution in [0, 0.1) is 17.0 Å². The van der Waals surface area contributed by atoms with Crippen molar-refractivity contribution in [1.29, 1.82) is 0 Å². The van der Waals surface area contributed by atoms with E-state index in [1.54, 1.807) is 24.4 Å². The second-order valence-corrected chi connectivity index (χ2v) is 7.47. The molecular formula is C20H13ClN4O3S. The van der Waals surface area contributed by atoms with Crippen LogP contribution in [0.15, 0.2) is 71.0 Å². The van der Waals surface area contributed by atoms with Gasteiger partial charge in [-0.2, -0.15) is 4.98 Å². The molecule has 29 heavy (non-hydrogen) atoms. The summed E-state index contributed by atoms with van der Waals surface area (Å²) in [5.74, 6) is 0.263. The first-order chi connectivity index (χ1) is 14.0. The topological polar surface area (TPSA) is 91.0 Å². The molecule has 0 aliphatic carbocycles. The van der Waals surface area contributed by atoms with Crippen LogP contribution in [0.25, 0.3) is 10.9 Å². The summed E-state index contributed by atoms with van der Waals surface area (Å²) in [6, 6.07) is 14.4. The molecule has 0 spiro atoms. The van der Waals surface area contributed by atoms with E-state index in [9.17, 15) is 10.1 Å². The zero-order chi connectivity index (χ0) is 20.4. The maximum atomic E-state index is 11.8. The van der Waals surface area contributed by atoms with E-state index in [-0.39, 0.29) is 16.6 Å². The molecule has 0 aliphatic rings. The molecular weight excluding hydrogens is 412 g/mol. The smallest absolute Gasteiger partial charge is 0.363 e. The van der Waals surface area contributed by atoms with Crippen molar-refractivity contribution in [2.24, 2.45) is 0 Å². The maximum absolute atomic E-state index is 11.8. The van der Waals surface area contributed by atoms with Gasteiger partial charge in [-0.3, -0.25) is 15.1 Å². The highest BCUT2D eigenvalue weighted by Crippen LogP contribution is 2.41. The lowest BCUT2D eigenvalue weighted by atomic mass is 10.2. The average molecular weight is 425 g/mol. The predicted molar refractivity (Wildman–Crippen MR) is 111 cm³/mol. The Bertz CT molecular complexity index is 1230. The van der Waals surface area contributed by atoms with E-state index in [1.807, 2.05) is 37.3 Å². The fraction of sp³-hybridized carbons (Fsp3) is 0.0500. The molecule has 0 atom stereocenters. The molecule has 4 rings (SSSR count). The summed E-state index contributed by atoms with van der Waals surface area (Å²) in [5, 5.41) is 13.5. The molecule has 0 radical (unpaired) electrons. The summed E-state index contributed by atoms with van der Waals surface area (Å²) in [5.41, 5.74) is 1.22. The van der Waals surface area contributed by atoms with Gasteiger partial charge in [0.1, 0.15) is 12.1 Å². The Morgan fingerprint density at radius 1 is 1.10 bits per heavy atom. The SMILES string of the molecule is Cc1cc(Oc2ncnc(Sc3cccc4cccnc34)c2[N+](=O)[O-])ccc1Cl. The molecule has 0 fully saturated rings. The van der Waals surface area contributed by atoms with Crippen molar-refractivity contribution in [2.75, 3.05) is 0 Å². The Kier molecular flexibility index (Phi) is 5.28. The summed E-state index contributed by atoms with van der Waals surface area (Å²) in [4.78, 5) is 24.5. The molecule has 0 amide bonds. The highest BCUT2D eigenvalue weighted by molar-refractivity contribution is 7.99. The Morgan fingerprint density at radius 2 is 1.93 bits per heavy atom. The molecule has 2 aromatic carbocycles. The van der Waals surface area contributed by atoms with E-state index in [0.717, 1.165) is 33.1 Å². The van der Waals surface area contributed by atoms with Gasteiger partial charge in [-0.15, -0.1) is 0 Å². The number of ether oxygens (including phenoxy) is 1. The standard InChI is InChI=1S/C20H13ClN4O3S/c1-12-10-14(7-8-15(12)21)28-19-18(25(26)27)20(24-11-23-19)29-16-6-2-4-13-5-3-9-22-17(13)16/h2-11H,1H3. The molecule has 144 valence electrons. The van der Waals surface area contributed by atoms with Crippen molar-refractivity contribution in [3.63, 3.8) is 0 Å². The van der Waals surface area contributed by atoms with E-state index in [2.05, 4.69) is 15.0 Å². The number of aryl methyl sites for hydroxylation is 1. The van der Waals surface area contributed by atoms with Crippen LogP contribution in [-0.2, 0) is 0 Å². The van der Waals surface area contributed by atoms with Crippen molar-refractivity contribution in [3.05, 3.63) is 81.8 Å². The molecule has 0 saturated carbocycles. The lowest BCUT2D eigenvalue weighted by Crippen LogP contribution is -2.00. The van der Waals surface area contributed by atoms with Gasteiger partial charge in [0.05, 0.1) is 10.4 Å². The van der Waals surface area contributed by atoms with E-state index in [4.69, 9.17) is 16.3 Å². The van der Waals surface area contributed by atoms with Gasteiger partial charge in [-0.05, 0) is 42.8 Å². The Morgan fingerprint density at radius 3 is 2.72 bits per heavy atom. The highest BCUT2D eigenvalue weighted by atomic mass is 35.5. The number of halogens is 1. The molecule has 9 heteroatoms. The van der Waals surface area contributed by atoms with Gasteiger partial charge in [-0.25, -0.2) is 4.98 Å². The molecule has 4 aromatic rings. The van der Waals surface area contributed by atoms with E-state index < -0.39 is 4.92 Å². The summed E-state index contributed by atoms with van der Waals surface area (Å²) >= 11 is 7.18. The van der Waals surface area contributed by atoms with Crippen LogP contribution in [0.2, 0.25) is 5.02 Å². The van der Waals surface area contributed by atoms with Gasteiger partial charge in [0.2, 0.25) is 0 Å². The van der Waals surface area contributed by atoms with Gasteiger partial charge in [0, 0.05) is 21.5 Å². The lowest BCUT2D eigenvalue weighted by Gasteiger charge is -2.09. The van der Waals surface area contributed by atoms with Gasteiger partial charge < -0.3 is 4.74 Å². The van der Waals surface area contributed by atoms with Gasteiger partial charge in [0.25, 0.3) is 0 Å². The summed E-state index contributed by atoms with van der Waals surface area (Å²) in [6.07, 6.45) is 2.92. The van der Waals surface area contributed by atoms with Crippen molar-refractivity contribution in [2.45, 2.75) is 16.8 Å². The lowest BCUT2D eigenvalue weighted by molar-refractivity contribution is -0.389. The number of aromatic nitrogens is 3. The number of rotatable bonds is 5. The molecule has 0 saturated heterocycles. The summed E-state index contributed by atoms with van der Waals surface area (Å²) in [6.45, 7) is 1.82. The van der Waals surface area contributed by atoms with Gasteiger partial charge in [0.15, 0.2) is 5.03 Å². The zero-order valence-electron chi connectivity index (χ0n) is 15.1. The van der Waals surface area contributed by atoms with Crippen LogP contribution in [-0.4, -0.2) is 19.9 Å². The third-order valence-corrected chi connectivity index (χ3v) is 5.55. The van der Waals surface area contributed by atoms with Crippen LogP contribution in [0.4, 0.5) is 5.69 Å². The van der Waals surface area contributed by atoms with Crippen LogP contribution in [0.5, 0.6) is 11.6 Å². The zero-order valence-corrected chi connectivity index (χ0v) is 16.6. The minimum atomic E-state index is -0.543. The Hall–Kier alpha value is -3.23. The number of nitrogens with zero attached hydrogens (tertiary/aromatic N) is 4. The normalized spacial score (nSPS) is 10.8. The molecule has 0 bridgehead atoms. The minimum absolute atomic E-state index is 0.137. The molecule has 2 heterocycles. The number of hydrogen-bond donors (Lipinski definition) is 0. The highest BCUT2D eigenvalue weighted by Gasteiger charge is 2.26. The third-order valence-electron chi connectivity index (χ3n) is 4.08. The van der Waals surface area contributed by atoms with Crippen LogP contribution >= 0.6 is 23.4 Å². The Labute approximate surface area is 174 Å². The first kappa shape index (κ1) is 19.1. The van der Waals surface area contributed by atoms with Crippen molar-refractivity contribution in [1.82, 2.24) is 15.0 Å². The number of nitro groups is 1. The van der Waals surface area contributed by atoms with Crippen LogP contribution in [0.1, 0.15) is 5.56 Å². The number of benzene rings is 2. The largest absolute Gasteiger partial charge is 0.434 e. The monoisotopic (exact) mass is 424 g/mol. The second kappa shape index (κ2) is 8.02. The summed E-state index contributed by atoms with van der Waals surface area (Å²) < 4.78 is 5.69. The fourth-order valence-electron chi connectivity index (χ4n) is 2.71. The molecule has 0 aliphatic heterocycles. The second-order valence-electron chi connectivity index (χ2n) is 6.04. The molecule has 0 N–H and O–H groups in total. The predicted octanol–water partition coefficient (Wildman–Crippen LogP) is 5.84. The number of hydrogen-bond acceptors (Lipinski definition) is 7. The van der Waals surface area contributed by atoms with Crippen molar-refractivity contribution < 1.29 is 9.66 Å². The first-order valence-corrected chi connectivity index (χ1v) is 9.67. The van der Waals surface area contributed by atoms with E-state index in [0.29, 0.717) is 10.8 Å². The number of para-hydroxylation sites is 1. The first-order valence-electron chi connectivity index (χ1n) is 8.48. The third kappa shape index (κ3) is 3.98. The number of fused-ring (bicyclic) bond motifs is 1. The average Bonchev–Trinajstić information content (AvgIpc) is 2.71. The quantitative estimate of drug-likeness (QED) is 0.226. The molecule has 2 aromatic heterocycles. The van der Waals surface area contributed by atoms with Crippen LogP contribution in [0.3, 0.4) is 0 Å². The van der Waals surface area contributed by atoms with E-state index in [1.165, 1.54) is 6.33 Å². The maximum Gasteiger partial charge on any atom is 0.363 e. The van der Waals surface area contributed by atoms with Crippen molar-refractivity contribution >= 4 is 40.0 Å². The van der Waals surface area contributed by atoms with Gasteiger partial charge >= 0.3 is 11.6 Å². The Balaban J connectivity index is 1.75. The van der Waals surface area contributed by atoms with Crippen LogP contribution < -0.4 is 4.74 Å². The summed E-state index contributed by atoms with van der Waals surface area (Å²) in [7, 11) is 0.